The van der Waals surface area contributed by atoms with E-state index in [0.717, 1.165) is 94.7 Å². The molecule has 0 aliphatic heterocycles. The van der Waals surface area contributed by atoms with E-state index in [2.05, 4.69) is 265 Å². The number of hydrogen-bond acceptors (Lipinski definition) is 3. The van der Waals surface area contributed by atoms with Crippen molar-refractivity contribution in [2.45, 2.75) is 0 Å². The summed E-state index contributed by atoms with van der Waals surface area (Å²) in [4.78, 5) is 4.79. The topological polar surface area (TPSA) is 19.6 Å². The summed E-state index contributed by atoms with van der Waals surface area (Å²) >= 11 is 0. The van der Waals surface area contributed by atoms with Gasteiger partial charge in [0.2, 0.25) is 0 Å². The molecule has 0 amide bonds. The smallest absolute Gasteiger partial charge is 0.161 e. The molecule has 0 atom stereocenters. The molecule has 1 aromatic heterocycles. The van der Waals surface area contributed by atoms with Gasteiger partial charge in [-0.2, -0.15) is 0 Å². The third-order valence-electron chi connectivity index (χ3n) is 12.6. The molecule has 0 bridgehead atoms. The van der Waals surface area contributed by atoms with Crippen LogP contribution in [0.25, 0.3) is 76.9 Å². The van der Waals surface area contributed by atoms with Crippen molar-refractivity contribution >= 4 is 77.6 Å². The first-order chi connectivity index (χ1) is 32.3. The van der Waals surface area contributed by atoms with Crippen LogP contribution in [-0.4, -0.2) is 0 Å². The van der Waals surface area contributed by atoms with Crippen molar-refractivity contribution in [2.24, 2.45) is 0 Å². The van der Waals surface area contributed by atoms with Crippen molar-refractivity contribution in [1.82, 2.24) is 0 Å². The molecular weight excluding hydrogens is 789 g/mol. The Balaban J connectivity index is 1.15. The van der Waals surface area contributed by atoms with Crippen molar-refractivity contribution in [3.05, 3.63) is 255 Å². The minimum Gasteiger partial charge on any atom is -0.453 e. The highest BCUT2D eigenvalue weighted by Gasteiger charge is 2.28. The van der Waals surface area contributed by atoms with Gasteiger partial charge in [-0.3, -0.25) is 0 Å². The summed E-state index contributed by atoms with van der Waals surface area (Å²) in [6.45, 7) is 0. The van der Waals surface area contributed by atoms with E-state index in [-0.39, 0.29) is 0 Å². The van der Waals surface area contributed by atoms with Crippen LogP contribution in [0.5, 0.6) is 0 Å². The van der Waals surface area contributed by atoms with Crippen LogP contribution in [0.2, 0.25) is 0 Å². The Morgan fingerprint density at radius 1 is 0.262 bits per heavy atom. The molecule has 0 aliphatic carbocycles. The van der Waals surface area contributed by atoms with E-state index in [0.29, 0.717) is 0 Å². The van der Waals surface area contributed by atoms with Crippen molar-refractivity contribution in [1.29, 1.82) is 0 Å². The largest absolute Gasteiger partial charge is 0.453 e. The maximum atomic E-state index is 7.41. The molecule has 12 aromatic rings. The average Bonchev–Trinajstić information content (AvgIpc) is 3.79. The summed E-state index contributed by atoms with van der Waals surface area (Å²) in [5.74, 6) is 0. The van der Waals surface area contributed by atoms with E-state index < -0.39 is 0 Å². The van der Waals surface area contributed by atoms with Gasteiger partial charge in [0.05, 0.1) is 28.1 Å². The van der Waals surface area contributed by atoms with Crippen LogP contribution >= 0.6 is 0 Å². The van der Waals surface area contributed by atoms with E-state index >= 15 is 0 Å². The van der Waals surface area contributed by atoms with Gasteiger partial charge in [-0.05, 0) is 99.1 Å². The van der Waals surface area contributed by atoms with Gasteiger partial charge in [0.1, 0.15) is 5.58 Å². The molecule has 11 aromatic carbocycles. The molecule has 0 unspecified atom stereocenters. The molecule has 0 fully saturated rings. The van der Waals surface area contributed by atoms with Crippen LogP contribution < -0.4 is 9.80 Å². The average molecular weight is 831 g/mol. The lowest BCUT2D eigenvalue weighted by atomic mass is 9.98. The Kier molecular flexibility index (Phi) is 9.50. The van der Waals surface area contributed by atoms with Crippen LogP contribution in [0.1, 0.15) is 0 Å². The molecule has 12 rings (SSSR count). The first-order valence-electron chi connectivity index (χ1n) is 22.2. The van der Waals surface area contributed by atoms with E-state index in [1.54, 1.807) is 0 Å². The number of hydrogen-bond donors (Lipinski definition) is 0. The molecule has 306 valence electrons. The van der Waals surface area contributed by atoms with Gasteiger partial charge in [0.15, 0.2) is 5.58 Å². The predicted octanol–water partition coefficient (Wildman–Crippen LogP) is 17.8. The minimum absolute atomic E-state index is 0.800. The van der Waals surface area contributed by atoms with Crippen molar-refractivity contribution < 1.29 is 4.42 Å². The lowest BCUT2D eigenvalue weighted by Crippen LogP contribution is -2.14. The van der Waals surface area contributed by atoms with Crippen molar-refractivity contribution in [3.63, 3.8) is 0 Å². The first kappa shape index (κ1) is 38.0. The maximum Gasteiger partial charge on any atom is 0.161 e. The number of nitrogens with zero attached hydrogens (tertiary/aromatic N) is 2. The van der Waals surface area contributed by atoms with Gasteiger partial charge in [0, 0.05) is 33.3 Å². The standard InChI is InChI=1S/C62H42N2O/c1-4-18-43(19-5-1)45-34-37-51(38-35-45)63(56-30-16-14-27-52(56)46-21-6-2-7-22-46)58-40-41-59(62-60(58)55-39-36-47-23-12-13-29-54(47)61(55)65-62)64(50-25-8-3-9-26-50)57-31-17-15-28-53(57)49-33-32-44-20-10-11-24-48(44)42-49/h1-42H. The summed E-state index contributed by atoms with van der Waals surface area (Å²) in [5.41, 5.74) is 14.7. The molecule has 0 aliphatic rings. The zero-order valence-corrected chi connectivity index (χ0v) is 35.6. The maximum absolute atomic E-state index is 7.41. The van der Waals surface area contributed by atoms with Crippen LogP contribution in [0, 0.1) is 0 Å². The zero-order valence-electron chi connectivity index (χ0n) is 35.6. The molecule has 0 spiro atoms. The first-order valence-corrected chi connectivity index (χ1v) is 22.2. The van der Waals surface area contributed by atoms with E-state index in [9.17, 15) is 0 Å². The zero-order chi connectivity index (χ0) is 43.1. The fraction of sp³-hybridized carbons (Fsp3) is 0. The van der Waals surface area contributed by atoms with Gasteiger partial charge in [-0.1, -0.05) is 194 Å². The highest BCUT2D eigenvalue weighted by molar-refractivity contribution is 6.22. The second-order valence-corrected chi connectivity index (χ2v) is 16.5. The molecule has 1 heterocycles. The highest BCUT2D eigenvalue weighted by atomic mass is 16.3. The number of fused-ring (bicyclic) bond motifs is 6. The van der Waals surface area contributed by atoms with Crippen LogP contribution in [-0.2, 0) is 0 Å². The molecule has 65 heavy (non-hydrogen) atoms. The van der Waals surface area contributed by atoms with Crippen molar-refractivity contribution in [3.8, 4) is 33.4 Å². The summed E-state index contributed by atoms with van der Waals surface area (Å²) in [5, 5.41) is 6.70. The third-order valence-corrected chi connectivity index (χ3v) is 12.6. The highest BCUT2D eigenvalue weighted by Crippen LogP contribution is 2.52. The predicted molar refractivity (Wildman–Crippen MR) is 274 cm³/mol. The van der Waals surface area contributed by atoms with E-state index in [1.165, 1.54) is 16.3 Å². The van der Waals surface area contributed by atoms with Gasteiger partial charge < -0.3 is 14.2 Å². The molecule has 0 N–H and O–H groups in total. The quantitative estimate of drug-likeness (QED) is 0.144. The second-order valence-electron chi connectivity index (χ2n) is 16.5. The minimum atomic E-state index is 0.800. The fourth-order valence-corrected chi connectivity index (χ4v) is 9.57. The lowest BCUT2D eigenvalue weighted by Gasteiger charge is -2.31. The number of para-hydroxylation sites is 3. The third kappa shape index (κ3) is 6.78. The van der Waals surface area contributed by atoms with E-state index in [4.69, 9.17) is 4.42 Å². The number of rotatable bonds is 9. The van der Waals surface area contributed by atoms with Crippen LogP contribution in [0.3, 0.4) is 0 Å². The molecule has 0 saturated carbocycles. The Bertz CT molecular complexity index is 3650. The molecule has 0 radical (unpaired) electrons. The number of benzene rings is 11. The SMILES string of the molecule is c1ccc(-c2ccc(N(c3ccccc3-c3ccccc3)c3ccc(N(c4ccccc4)c4ccccc4-c4ccc5ccccc5c4)c4oc5c6ccccc6ccc5c34)cc2)cc1. The lowest BCUT2D eigenvalue weighted by molar-refractivity contribution is 0.673. The Morgan fingerprint density at radius 3 is 1.48 bits per heavy atom. The van der Waals surface area contributed by atoms with Gasteiger partial charge in [-0.25, -0.2) is 0 Å². The van der Waals surface area contributed by atoms with Gasteiger partial charge >= 0.3 is 0 Å². The summed E-state index contributed by atoms with van der Waals surface area (Å²) in [6.07, 6.45) is 0. The van der Waals surface area contributed by atoms with Crippen LogP contribution in [0.15, 0.2) is 259 Å². The number of anilines is 6. The fourth-order valence-electron chi connectivity index (χ4n) is 9.57. The molecule has 3 heteroatoms. The Hall–Kier alpha value is -8.66. The Morgan fingerprint density at radius 2 is 0.754 bits per heavy atom. The molecule has 3 nitrogen and oxygen atoms in total. The summed E-state index contributed by atoms with van der Waals surface area (Å²) in [7, 11) is 0. The normalized spacial score (nSPS) is 11.4. The monoisotopic (exact) mass is 830 g/mol. The van der Waals surface area contributed by atoms with E-state index in [1.807, 2.05) is 0 Å². The number of furan rings is 1. The van der Waals surface area contributed by atoms with Gasteiger partial charge in [-0.15, -0.1) is 0 Å². The Labute approximate surface area is 378 Å². The molecule has 0 saturated heterocycles. The van der Waals surface area contributed by atoms with Crippen LogP contribution in [0.4, 0.5) is 34.1 Å². The van der Waals surface area contributed by atoms with Crippen molar-refractivity contribution in [2.75, 3.05) is 9.80 Å². The molecular formula is C62H42N2O. The summed E-state index contributed by atoms with van der Waals surface area (Å²) in [6, 6.07) is 91.2. The van der Waals surface area contributed by atoms with Gasteiger partial charge in [0.25, 0.3) is 0 Å². The summed E-state index contributed by atoms with van der Waals surface area (Å²) < 4.78 is 7.41. The second kappa shape index (κ2) is 16.2.